The van der Waals surface area contributed by atoms with E-state index in [1.165, 1.54) is 17.1 Å². The Hall–Kier alpha value is -4.68. The van der Waals surface area contributed by atoms with Gasteiger partial charge in [0.1, 0.15) is 5.82 Å². The second kappa shape index (κ2) is 13.4. The minimum atomic E-state index is -0.351. The molecule has 1 aliphatic rings. The van der Waals surface area contributed by atoms with Gasteiger partial charge in [0.2, 0.25) is 11.9 Å². The molecule has 13 heteroatoms. The Kier molecular flexibility index (Phi) is 10.0. The van der Waals surface area contributed by atoms with Crippen LogP contribution in [0.2, 0.25) is 0 Å². The van der Waals surface area contributed by atoms with Gasteiger partial charge in [-0.05, 0) is 25.7 Å². The van der Waals surface area contributed by atoms with E-state index in [-0.39, 0.29) is 39.8 Å². The molecule has 40 heavy (non-hydrogen) atoms. The summed E-state index contributed by atoms with van der Waals surface area (Å²) in [5.74, 6) is 0.459. The number of amides is 3. The van der Waals surface area contributed by atoms with Gasteiger partial charge in [0, 0.05) is 54.5 Å². The third kappa shape index (κ3) is 7.46. The summed E-state index contributed by atoms with van der Waals surface area (Å²) in [7, 11) is 3.27. The van der Waals surface area contributed by atoms with Crippen molar-refractivity contribution in [2.75, 3.05) is 17.7 Å². The average Bonchev–Trinajstić information content (AvgIpc) is 3.53. The third-order valence-electron chi connectivity index (χ3n) is 5.77. The smallest absolute Gasteiger partial charge is 0.261 e. The maximum atomic E-state index is 12.1. The van der Waals surface area contributed by atoms with Gasteiger partial charge in [0.25, 0.3) is 11.8 Å². The van der Waals surface area contributed by atoms with Gasteiger partial charge in [0.05, 0.1) is 29.2 Å². The number of carbonyl (C=O) groups excluding carboxylic acids is 3. The van der Waals surface area contributed by atoms with Gasteiger partial charge in [-0.1, -0.05) is 27.7 Å². The van der Waals surface area contributed by atoms with Crippen LogP contribution >= 0.6 is 0 Å². The predicted molar refractivity (Wildman–Crippen MR) is 157 cm³/mol. The van der Waals surface area contributed by atoms with Crippen molar-refractivity contribution < 1.29 is 18.7 Å². The van der Waals surface area contributed by atoms with Gasteiger partial charge < -0.3 is 10.6 Å². The molecule has 4 heterocycles. The molecule has 0 spiro atoms. The van der Waals surface area contributed by atoms with Crippen LogP contribution in [-0.2, 0) is 11.8 Å². The minimum Gasteiger partial charge on any atom is -0.355 e. The van der Waals surface area contributed by atoms with Crippen LogP contribution in [0.15, 0.2) is 36.9 Å². The number of carbonyl (C=O) groups is 3. The number of aromatic nitrogens is 7. The quantitative estimate of drug-likeness (QED) is 0.321. The molecule has 3 amide bonds. The first-order valence-electron chi connectivity index (χ1n) is 13.2. The molecule has 218 valence electrons. The fourth-order valence-corrected chi connectivity index (χ4v) is 3.62. The van der Waals surface area contributed by atoms with E-state index in [9.17, 15) is 14.4 Å². The van der Waals surface area contributed by atoms with Crippen LogP contribution < -0.4 is 16.0 Å². The fraction of sp³-hybridized carbons (Fsp3) is 0.407. The van der Waals surface area contributed by atoms with Gasteiger partial charge in [-0.2, -0.15) is 10.2 Å². The second-order valence-electron chi connectivity index (χ2n) is 9.23. The Morgan fingerprint density at radius 3 is 2.38 bits per heavy atom. The summed E-state index contributed by atoms with van der Waals surface area (Å²) in [6, 6.07) is 3.65. The van der Waals surface area contributed by atoms with Crippen LogP contribution in [0.4, 0.5) is 11.8 Å². The number of rotatable bonds is 6. The number of nitrogens with zero attached hydrogens (tertiary/aromatic N) is 7. The molecule has 0 radical (unpaired) electrons. The van der Waals surface area contributed by atoms with Gasteiger partial charge in [0.15, 0.2) is 5.65 Å². The molecule has 0 aromatic carbocycles. The maximum absolute atomic E-state index is 12.1. The van der Waals surface area contributed by atoms with Crippen LogP contribution in [0.3, 0.4) is 0 Å². The van der Waals surface area contributed by atoms with Gasteiger partial charge in [-0.3, -0.25) is 24.4 Å². The van der Waals surface area contributed by atoms with Crippen molar-refractivity contribution in [1.82, 2.24) is 39.7 Å². The maximum Gasteiger partial charge on any atom is 0.261 e. The van der Waals surface area contributed by atoms with Crippen molar-refractivity contribution in [1.29, 1.82) is 0 Å². The number of aryl methyl sites for hydroxylation is 2. The first kappa shape index (κ1) is 29.9. The van der Waals surface area contributed by atoms with Crippen molar-refractivity contribution >= 4 is 35.1 Å². The monoisotopic (exact) mass is 554 g/mol. The van der Waals surface area contributed by atoms with Gasteiger partial charge in [-0.15, -0.1) is 0 Å². The molecule has 13 nitrogen and oxygen atoms in total. The van der Waals surface area contributed by atoms with E-state index >= 15 is 0 Å². The van der Waals surface area contributed by atoms with E-state index in [0.717, 1.165) is 24.2 Å². The molecular formula is C27H42N10O3. The molecule has 0 unspecified atom stereocenters. The highest BCUT2D eigenvalue weighted by Crippen LogP contribution is 2.30. The Bertz CT molecular complexity index is 1500. The van der Waals surface area contributed by atoms with E-state index in [1.807, 2.05) is 46.8 Å². The van der Waals surface area contributed by atoms with E-state index < -0.39 is 0 Å². The first-order chi connectivity index (χ1) is 19.2. The largest absolute Gasteiger partial charge is 0.355 e. The highest BCUT2D eigenvalue weighted by atomic mass is 16.2. The minimum absolute atomic E-state index is 0. The summed E-state index contributed by atoms with van der Waals surface area (Å²) < 4.78 is 3.27. The summed E-state index contributed by atoms with van der Waals surface area (Å²) in [6.45, 7) is 9.78. The third-order valence-corrected chi connectivity index (χ3v) is 5.77. The normalized spacial score (nSPS) is 12.1. The van der Waals surface area contributed by atoms with Crippen LogP contribution in [-0.4, -0.2) is 59.1 Å². The summed E-state index contributed by atoms with van der Waals surface area (Å²) in [5.41, 5.74) is 3.10. The lowest BCUT2D eigenvalue weighted by atomic mass is 10.0. The highest BCUT2D eigenvalue weighted by molar-refractivity contribution is 6.03. The topological polar surface area (TPSA) is 161 Å². The molecule has 0 bridgehead atoms. The highest BCUT2D eigenvalue weighted by Gasteiger charge is 2.29. The summed E-state index contributed by atoms with van der Waals surface area (Å²) >= 11 is 0. The van der Waals surface area contributed by atoms with Crippen molar-refractivity contribution in [2.24, 2.45) is 13.0 Å². The molecule has 3 N–H and O–H groups in total. The standard InChI is InChI=1S/C14H18N6O2.C11H12N4O.C2H6.3H2/c1-8(2)11-10(13(22)15-3)6-16-14(18-11)19-12(21)9-5-17-20(4)7-9;1-7-6-9(14-11(16)8-2-3-8)13-10-4-5-12-15(7)10;1-2;;;/h5-8H,1-4H3,(H,15,22)(H,16,18,19,21);4-6,8H,2-3H2,1H3,(H,13,14,16);1-2H3;3*1H. The molecule has 1 aliphatic carbocycles. The van der Waals surface area contributed by atoms with E-state index in [2.05, 4.69) is 41.1 Å². The SMILES string of the molecule is CC.CNC(=O)c1cnc(NC(=O)c2cnn(C)c2)nc1C(C)C.Cc1cc(NC(=O)C2CC2)nc2ccnn12.[HH].[HH].[HH]. The van der Waals surface area contributed by atoms with Crippen molar-refractivity contribution in [3.05, 3.63) is 59.4 Å². The molecule has 0 aliphatic heterocycles. The molecule has 1 saturated carbocycles. The van der Waals surface area contributed by atoms with Gasteiger partial charge >= 0.3 is 0 Å². The van der Waals surface area contributed by atoms with Crippen molar-refractivity contribution in [3.63, 3.8) is 0 Å². The zero-order valence-electron chi connectivity index (χ0n) is 23.9. The number of hydrogen-bond acceptors (Lipinski definition) is 8. The molecule has 5 rings (SSSR count). The van der Waals surface area contributed by atoms with E-state index in [4.69, 9.17) is 0 Å². The summed E-state index contributed by atoms with van der Waals surface area (Å²) in [4.78, 5) is 48.1. The lowest BCUT2D eigenvalue weighted by Crippen LogP contribution is -2.22. The van der Waals surface area contributed by atoms with Crippen molar-refractivity contribution in [3.8, 4) is 0 Å². The van der Waals surface area contributed by atoms with Gasteiger partial charge in [-0.25, -0.2) is 19.5 Å². The number of anilines is 2. The van der Waals surface area contributed by atoms with Crippen molar-refractivity contribution in [2.45, 2.75) is 53.4 Å². The molecular weight excluding hydrogens is 512 g/mol. The first-order valence-corrected chi connectivity index (χ1v) is 13.2. The average molecular weight is 555 g/mol. The Morgan fingerprint density at radius 2 is 1.77 bits per heavy atom. The van der Waals surface area contributed by atoms with Crippen LogP contribution in [0.1, 0.15) is 82.8 Å². The molecule has 0 atom stereocenters. The van der Waals surface area contributed by atoms with E-state index in [0.29, 0.717) is 22.6 Å². The van der Waals surface area contributed by atoms with E-state index in [1.54, 1.807) is 31.0 Å². The molecule has 4 aromatic rings. The number of nitrogens with one attached hydrogen (secondary N) is 3. The van der Waals surface area contributed by atoms with Crippen LogP contribution in [0.25, 0.3) is 5.65 Å². The Morgan fingerprint density at radius 1 is 1.05 bits per heavy atom. The predicted octanol–water partition coefficient (Wildman–Crippen LogP) is 4.10. The van der Waals surface area contributed by atoms with Crippen LogP contribution in [0, 0.1) is 12.8 Å². The Balaban J connectivity index is 0.000000750. The number of fused-ring (bicyclic) bond motifs is 1. The molecule has 4 aromatic heterocycles. The molecule has 1 fully saturated rings. The zero-order valence-corrected chi connectivity index (χ0v) is 23.9. The second-order valence-corrected chi connectivity index (χ2v) is 9.23. The Labute approximate surface area is 237 Å². The fourth-order valence-electron chi connectivity index (χ4n) is 3.62. The molecule has 0 saturated heterocycles. The lowest BCUT2D eigenvalue weighted by Gasteiger charge is -2.12. The zero-order chi connectivity index (χ0) is 29.4. The van der Waals surface area contributed by atoms with Crippen LogP contribution in [0.5, 0.6) is 0 Å². The summed E-state index contributed by atoms with van der Waals surface area (Å²) in [5, 5.41) is 16.1. The summed E-state index contributed by atoms with van der Waals surface area (Å²) in [6.07, 6.45) is 8.16. The lowest BCUT2D eigenvalue weighted by molar-refractivity contribution is -0.117. The number of hydrogen-bond donors (Lipinski definition) is 3.